The Morgan fingerprint density at radius 3 is 2.74 bits per heavy atom. The van der Waals surface area contributed by atoms with Crippen LogP contribution in [-0.2, 0) is 4.74 Å². The molecule has 0 radical (unpaired) electrons. The van der Waals surface area contributed by atoms with Gasteiger partial charge in [0.1, 0.15) is 11.4 Å². The second-order valence-electron chi connectivity index (χ2n) is 4.59. The molecule has 3 N–H and O–H groups in total. The van der Waals surface area contributed by atoms with Crippen molar-refractivity contribution < 1.29 is 18.3 Å². The molecule has 0 atom stereocenters. The zero-order chi connectivity index (χ0) is 13.8. The van der Waals surface area contributed by atoms with Crippen LogP contribution in [0.1, 0.15) is 23.2 Å². The second-order valence-corrected chi connectivity index (χ2v) is 4.59. The topological polar surface area (TPSA) is 64.4 Å². The lowest BCUT2D eigenvalue weighted by molar-refractivity contribution is 0.0641. The number of nitrogens with one attached hydrogen (secondary N) is 1. The first kappa shape index (κ1) is 13.7. The normalized spacial score (nSPS) is 16.3. The zero-order valence-electron chi connectivity index (χ0n) is 10.4. The number of benzene rings is 1. The minimum absolute atomic E-state index is 0.238. The SMILES string of the molecule is Nc1ccc(F)c(C(=O)NCC2CCOCC2)c1F. The van der Waals surface area contributed by atoms with Gasteiger partial charge in [-0.05, 0) is 30.9 Å². The Kier molecular flexibility index (Phi) is 4.31. The van der Waals surface area contributed by atoms with E-state index in [1.54, 1.807) is 0 Å². The molecule has 1 saturated heterocycles. The summed E-state index contributed by atoms with van der Waals surface area (Å²) < 4.78 is 32.3. The molecule has 1 heterocycles. The lowest BCUT2D eigenvalue weighted by Gasteiger charge is -2.22. The molecular formula is C13H16F2N2O2. The van der Waals surface area contributed by atoms with Crippen molar-refractivity contribution in [2.24, 2.45) is 5.92 Å². The van der Waals surface area contributed by atoms with Gasteiger partial charge >= 0.3 is 0 Å². The van der Waals surface area contributed by atoms with Gasteiger partial charge in [-0.2, -0.15) is 0 Å². The highest BCUT2D eigenvalue weighted by Gasteiger charge is 2.21. The van der Waals surface area contributed by atoms with Gasteiger partial charge in [0.2, 0.25) is 0 Å². The number of carbonyl (C=O) groups is 1. The maximum Gasteiger partial charge on any atom is 0.257 e. The van der Waals surface area contributed by atoms with Gasteiger partial charge in [-0.15, -0.1) is 0 Å². The number of hydrogen-bond donors (Lipinski definition) is 2. The molecule has 0 aromatic heterocycles. The fourth-order valence-corrected chi connectivity index (χ4v) is 2.05. The van der Waals surface area contributed by atoms with Crippen molar-refractivity contribution in [1.29, 1.82) is 0 Å². The Hall–Kier alpha value is -1.69. The maximum absolute atomic E-state index is 13.6. The van der Waals surface area contributed by atoms with Crippen LogP contribution in [0.3, 0.4) is 0 Å². The van der Waals surface area contributed by atoms with Gasteiger partial charge in [0.15, 0.2) is 5.82 Å². The summed E-state index contributed by atoms with van der Waals surface area (Å²) in [5.41, 5.74) is 4.47. The van der Waals surface area contributed by atoms with Crippen LogP contribution < -0.4 is 11.1 Å². The predicted molar refractivity (Wildman–Crippen MR) is 66.6 cm³/mol. The molecular weight excluding hydrogens is 254 g/mol. The molecule has 2 rings (SSSR count). The van der Waals surface area contributed by atoms with Gasteiger partial charge in [0.05, 0.1) is 5.69 Å². The van der Waals surface area contributed by atoms with Crippen molar-refractivity contribution in [3.05, 3.63) is 29.3 Å². The van der Waals surface area contributed by atoms with Crippen LogP contribution in [0.2, 0.25) is 0 Å². The summed E-state index contributed by atoms with van der Waals surface area (Å²) in [5.74, 6) is -2.40. The average molecular weight is 270 g/mol. The van der Waals surface area contributed by atoms with Gasteiger partial charge in [0.25, 0.3) is 5.91 Å². The third-order valence-electron chi connectivity index (χ3n) is 3.24. The van der Waals surface area contributed by atoms with Crippen molar-refractivity contribution in [2.45, 2.75) is 12.8 Å². The van der Waals surface area contributed by atoms with E-state index in [4.69, 9.17) is 10.5 Å². The first-order chi connectivity index (χ1) is 9.09. The van der Waals surface area contributed by atoms with Crippen molar-refractivity contribution >= 4 is 11.6 Å². The second kappa shape index (κ2) is 5.97. The monoisotopic (exact) mass is 270 g/mol. The van der Waals surface area contributed by atoms with Crippen molar-refractivity contribution in [1.82, 2.24) is 5.32 Å². The molecule has 0 bridgehead atoms. The Morgan fingerprint density at radius 1 is 1.37 bits per heavy atom. The minimum atomic E-state index is -1.01. The molecule has 0 unspecified atom stereocenters. The van der Waals surface area contributed by atoms with Crippen LogP contribution in [0.25, 0.3) is 0 Å². The minimum Gasteiger partial charge on any atom is -0.396 e. The summed E-state index contributed by atoms with van der Waals surface area (Å²) in [4.78, 5) is 11.8. The molecule has 1 fully saturated rings. The number of anilines is 1. The van der Waals surface area contributed by atoms with Crippen molar-refractivity contribution in [3.63, 3.8) is 0 Å². The molecule has 1 amide bonds. The van der Waals surface area contributed by atoms with Crippen LogP contribution >= 0.6 is 0 Å². The van der Waals surface area contributed by atoms with E-state index in [1.165, 1.54) is 0 Å². The van der Waals surface area contributed by atoms with E-state index >= 15 is 0 Å². The molecule has 0 saturated carbocycles. The van der Waals surface area contributed by atoms with Crippen molar-refractivity contribution in [2.75, 3.05) is 25.5 Å². The molecule has 104 valence electrons. The van der Waals surface area contributed by atoms with E-state index in [0.29, 0.717) is 19.8 Å². The van der Waals surface area contributed by atoms with Crippen LogP contribution in [0.15, 0.2) is 12.1 Å². The van der Waals surface area contributed by atoms with Gasteiger partial charge in [-0.3, -0.25) is 4.79 Å². The molecule has 4 nitrogen and oxygen atoms in total. The molecule has 19 heavy (non-hydrogen) atoms. The zero-order valence-corrected chi connectivity index (χ0v) is 10.4. The molecule has 1 aliphatic heterocycles. The van der Waals surface area contributed by atoms with E-state index in [2.05, 4.69) is 5.32 Å². The molecule has 0 spiro atoms. The molecule has 1 aliphatic rings. The van der Waals surface area contributed by atoms with E-state index in [9.17, 15) is 13.6 Å². The molecule has 6 heteroatoms. The highest BCUT2D eigenvalue weighted by atomic mass is 19.1. The first-order valence-corrected chi connectivity index (χ1v) is 6.19. The summed E-state index contributed by atoms with van der Waals surface area (Å²) in [5, 5.41) is 2.55. The number of hydrogen-bond acceptors (Lipinski definition) is 3. The average Bonchev–Trinajstić information content (AvgIpc) is 2.42. The standard InChI is InChI=1S/C13H16F2N2O2/c14-9-1-2-10(16)12(15)11(9)13(18)17-7-8-3-5-19-6-4-8/h1-2,8H,3-7,16H2,(H,17,18). The third kappa shape index (κ3) is 3.20. The summed E-state index contributed by atoms with van der Waals surface area (Å²) in [7, 11) is 0. The lowest BCUT2D eigenvalue weighted by atomic mass is 10.0. The van der Waals surface area contributed by atoms with E-state index in [1.807, 2.05) is 0 Å². The molecule has 0 aliphatic carbocycles. The van der Waals surface area contributed by atoms with Crippen molar-refractivity contribution in [3.8, 4) is 0 Å². The van der Waals surface area contributed by atoms with Crippen LogP contribution in [-0.4, -0.2) is 25.7 Å². The van der Waals surface area contributed by atoms with E-state index < -0.39 is 23.1 Å². The Balaban J connectivity index is 2.01. The Labute approximate surface area is 109 Å². The summed E-state index contributed by atoms with van der Waals surface area (Å²) in [6.07, 6.45) is 1.67. The summed E-state index contributed by atoms with van der Waals surface area (Å²) in [6.45, 7) is 1.69. The van der Waals surface area contributed by atoms with Gasteiger partial charge in [-0.1, -0.05) is 0 Å². The number of rotatable bonds is 3. The van der Waals surface area contributed by atoms with Gasteiger partial charge < -0.3 is 15.8 Å². The van der Waals surface area contributed by atoms with Crippen LogP contribution in [0.4, 0.5) is 14.5 Å². The Morgan fingerprint density at radius 2 is 2.05 bits per heavy atom. The van der Waals surface area contributed by atoms with Gasteiger partial charge in [0, 0.05) is 19.8 Å². The van der Waals surface area contributed by atoms with Gasteiger partial charge in [-0.25, -0.2) is 8.78 Å². The smallest absolute Gasteiger partial charge is 0.257 e. The van der Waals surface area contributed by atoms with E-state index in [-0.39, 0.29) is 11.6 Å². The number of nitrogen functional groups attached to an aromatic ring is 1. The number of halogens is 2. The number of ether oxygens (including phenoxy) is 1. The third-order valence-corrected chi connectivity index (χ3v) is 3.24. The van der Waals surface area contributed by atoms with E-state index in [0.717, 1.165) is 25.0 Å². The fraction of sp³-hybridized carbons (Fsp3) is 0.462. The largest absolute Gasteiger partial charge is 0.396 e. The lowest BCUT2D eigenvalue weighted by Crippen LogP contribution is -2.33. The summed E-state index contributed by atoms with van der Waals surface area (Å²) in [6, 6.07) is 2.09. The Bertz CT molecular complexity index is 474. The number of carbonyl (C=O) groups excluding carboxylic acids is 1. The maximum atomic E-state index is 13.6. The highest BCUT2D eigenvalue weighted by Crippen LogP contribution is 2.19. The quantitative estimate of drug-likeness (QED) is 0.822. The summed E-state index contributed by atoms with van der Waals surface area (Å²) >= 11 is 0. The van der Waals surface area contributed by atoms with Crippen LogP contribution in [0.5, 0.6) is 0 Å². The number of amides is 1. The molecule has 1 aromatic rings. The molecule has 1 aromatic carbocycles. The highest BCUT2D eigenvalue weighted by molar-refractivity contribution is 5.95. The predicted octanol–water partition coefficient (Wildman–Crippen LogP) is 1.70. The first-order valence-electron chi connectivity index (χ1n) is 6.19. The van der Waals surface area contributed by atoms with Crippen LogP contribution in [0, 0.1) is 17.6 Å². The fourth-order valence-electron chi connectivity index (χ4n) is 2.05. The number of nitrogens with two attached hydrogens (primary N) is 1.